The van der Waals surface area contributed by atoms with Crippen LogP contribution in [0.15, 0.2) is 9.21 Å². The third-order valence-electron chi connectivity index (χ3n) is 2.49. The van der Waals surface area contributed by atoms with Crippen molar-refractivity contribution in [1.82, 2.24) is 0 Å². The molecule has 1 aromatic heterocycles. The number of anilines is 4. The minimum atomic E-state index is -0.488. The third kappa shape index (κ3) is 1.61. The molecule has 0 aliphatic rings. The molecule has 0 aliphatic heterocycles. The van der Waals surface area contributed by atoms with Crippen molar-refractivity contribution in [2.45, 2.75) is 0 Å². The summed E-state index contributed by atoms with van der Waals surface area (Å²) in [6.07, 6.45) is 0. The molecule has 2 rings (SSSR count). The number of rotatable bonds is 0. The molecule has 1 atom stereocenters. The van der Waals surface area contributed by atoms with E-state index in [-0.39, 0.29) is 28.3 Å². The molecule has 8 N–H and O–H groups in total. The summed E-state index contributed by atoms with van der Waals surface area (Å²) in [7, 11) is 2.43. The Labute approximate surface area is 112 Å². The van der Waals surface area contributed by atoms with Gasteiger partial charge in [-0.2, -0.15) is 0 Å². The molecule has 0 bridgehead atoms. The van der Waals surface area contributed by atoms with Crippen LogP contribution in [0.1, 0.15) is 0 Å². The van der Waals surface area contributed by atoms with E-state index in [0.29, 0.717) is 14.3 Å². The zero-order chi connectivity index (χ0) is 12.9. The van der Waals surface area contributed by atoms with Crippen LogP contribution in [0.3, 0.4) is 0 Å². The maximum Gasteiger partial charge on any atom is 0.350 e. The highest BCUT2D eigenvalue weighted by Gasteiger charge is 2.18. The number of nitrogens with two attached hydrogens (primary N) is 4. The van der Waals surface area contributed by atoms with Gasteiger partial charge in [0.15, 0.2) is 5.58 Å². The van der Waals surface area contributed by atoms with Crippen molar-refractivity contribution in [2.75, 3.05) is 22.9 Å². The lowest BCUT2D eigenvalue weighted by molar-refractivity contribution is 0.559. The maximum absolute atomic E-state index is 11.6. The Morgan fingerprint density at radius 3 is 2.12 bits per heavy atom. The predicted molar refractivity (Wildman–Crippen MR) is 82.2 cm³/mol. The van der Waals surface area contributed by atoms with Crippen LogP contribution in [0, 0.1) is 3.57 Å². The lowest BCUT2D eigenvalue weighted by Gasteiger charge is -2.13. The first kappa shape index (κ1) is 12.3. The van der Waals surface area contributed by atoms with Gasteiger partial charge in [0.25, 0.3) is 0 Å². The van der Waals surface area contributed by atoms with Crippen molar-refractivity contribution < 1.29 is 4.42 Å². The van der Waals surface area contributed by atoms with Crippen molar-refractivity contribution in [1.29, 1.82) is 0 Å². The van der Waals surface area contributed by atoms with Crippen LogP contribution >= 0.6 is 31.8 Å². The summed E-state index contributed by atoms with van der Waals surface area (Å²) in [5.41, 5.74) is 23.5. The second kappa shape index (κ2) is 3.92. The summed E-state index contributed by atoms with van der Waals surface area (Å²) in [6.45, 7) is 0. The summed E-state index contributed by atoms with van der Waals surface area (Å²) in [6, 6.07) is 0. The number of hydrogen-bond donors (Lipinski definition) is 4. The molecule has 0 aliphatic carbocycles. The van der Waals surface area contributed by atoms with E-state index in [1.54, 1.807) is 0 Å². The molecule has 2 aromatic rings. The first-order valence-electron chi connectivity index (χ1n) is 4.49. The average Bonchev–Trinajstić information content (AvgIpc) is 2.30. The fourth-order valence-electron chi connectivity index (χ4n) is 1.53. The molecule has 8 heteroatoms. The Balaban J connectivity index is 3.18. The highest BCUT2D eigenvalue weighted by molar-refractivity contribution is 14.1. The molecule has 1 heterocycles. The third-order valence-corrected chi connectivity index (χ3v) is 4.68. The molecule has 0 saturated carbocycles. The second-order valence-electron chi connectivity index (χ2n) is 3.48. The summed E-state index contributed by atoms with van der Waals surface area (Å²) < 4.78 is 5.52. The van der Waals surface area contributed by atoms with E-state index in [0.717, 1.165) is 0 Å². The summed E-state index contributed by atoms with van der Waals surface area (Å²) in [5.74, 6) is 0. The first-order chi connectivity index (χ1) is 7.86. The Morgan fingerprint density at radius 2 is 1.53 bits per heavy atom. The summed E-state index contributed by atoms with van der Waals surface area (Å²) in [4.78, 5) is 11.6. The quantitative estimate of drug-likeness (QED) is 0.229. The fourth-order valence-corrected chi connectivity index (χ4v) is 2.32. The van der Waals surface area contributed by atoms with Crippen LogP contribution in [0.5, 0.6) is 0 Å². The van der Waals surface area contributed by atoms with Gasteiger partial charge >= 0.3 is 5.63 Å². The number of halogens is 1. The van der Waals surface area contributed by atoms with Crippen molar-refractivity contribution >= 4 is 70.9 Å². The van der Waals surface area contributed by atoms with Gasteiger partial charge in [0.2, 0.25) is 0 Å². The van der Waals surface area contributed by atoms with Gasteiger partial charge in [-0.25, -0.2) is 4.79 Å². The van der Waals surface area contributed by atoms with Crippen LogP contribution in [0.4, 0.5) is 22.7 Å². The molecule has 1 aromatic carbocycles. The molecule has 0 amide bonds. The van der Waals surface area contributed by atoms with E-state index in [1.165, 1.54) is 0 Å². The van der Waals surface area contributed by atoms with Crippen LogP contribution in [0.2, 0.25) is 0 Å². The van der Waals surface area contributed by atoms with Crippen molar-refractivity contribution in [2.24, 2.45) is 0 Å². The number of benzene rings is 1. The summed E-state index contributed by atoms with van der Waals surface area (Å²) >= 11 is 1.87. The Morgan fingerprint density at radius 1 is 1.00 bits per heavy atom. The first-order valence-corrected chi connectivity index (χ1v) is 6.15. The molecule has 6 nitrogen and oxygen atoms in total. The molecule has 1 unspecified atom stereocenters. The number of nitrogen functional groups attached to an aromatic ring is 4. The largest absolute Gasteiger partial charge is 0.420 e. The van der Waals surface area contributed by atoms with E-state index in [1.807, 2.05) is 22.6 Å². The fraction of sp³-hybridized carbons (Fsp3) is 0. The van der Waals surface area contributed by atoms with E-state index in [4.69, 9.17) is 27.4 Å². The smallest absolute Gasteiger partial charge is 0.350 e. The van der Waals surface area contributed by atoms with E-state index >= 15 is 0 Å². The monoisotopic (exact) mass is 364 g/mol. The van der Waals surface area contributed by atoms with E-state index in [9.17, 15) is 4.79 Å². The molecular formula is C9H10IN4O2P. The standard InChI is InChI=1S/C9H10IN4O2P/c10-2-8(17)1-3(11)4(12)5(13)6(14)7(1)16-9(2)15/h11-14,17H2. The Hall–Kier alpha value is -1.21. The van der Waals surface area contributed by atoms with Crippen molar-refractivity contribution in [3.05, 3.63) is 14.0 Å². The maximum atomic E-state index is 11.6. The summed E-state index contributed by atoms with van der Waals surface area (Å²) in [5, 5.41) is 1.11. The van der Waals surface area contributed by atoms with Gasteiger partial charge in [-0.1, -0.05) is 0 Å². The lowest BCUT2D eigenvalue weighted by atomic mass is 10.1. The molecule has 0 saturated heterocycles. The van der Waals surface area contributed by atoms with Crippen LogP contribution in [-0.4, -0.2) is 0 Å². The van der Waals surface area contributed by atoms with Gasteiger partial charge < -0.3 is 27.4 Å². The average molecular weight is 364 g/mol. The molecule has 0 fully saturated rings. The second-order valence-corrected chi connectivity index (χ2v) is 5.13. The minimum absolute atomic E-state index is 0.128. The van der Waals surface area contributed by atoms with Gasteiger partial charge in [-0.15, -0.1) is 9.24 Å². The van der Waals surface area contributed by atoms with Crippen LogP contribution in [0.25, 0.3) is 11.0 Å². The Bertz CT molecular complexity index is 698. The number of hydrogen-bond acceptors (Lipinski definition) is 6. The Kier molecular flexibility index (Phi) is 2.82. The molecule has 90 valence electrons. The van der Waals surface area contributed by atoms with Gasteiger partial charge in [-0.05, 0) is 22.6 Å². The van der Waals surface area contributed by atoms with Gasteiger partial charge in [0, 0.05) is 5.30 Å². The van der Waals surface area contributed by atoms with E-state index < -0.39 is 5.63 Å². The van der Waals surface area contributed by atoms with E-state index in [2.05, 4.69) is 9.24 Å². The zero-order valence-corrected chi connectivity index (χ0v) is 11.9. The van der Waals surface area contributed by atoms with Gasteiger partial charge in [-0.3, -0.25) is 0 Å². The lowest BCUT2D eigenvalue weighted by Crippen LogP contribution is -2.17. The topological polar surface area (TPSA) is 134 Å². The zero-order valence-electron chi connectivity index (χ0n) is 8.58. The van der Waals surface area contributed by atoms with Crippen molar-refractivity contribution in [3.63, 3.8) is 0 Å². The van der Waals surface area contributed by atoms with Crippen LogP contribution < -0.4 is 33.9 Å². The predicted octanol–water partition coefficient (Wildman–Crippen LogP) is 0.227. The normalized spacial score (nSPS) is 10.9. The molecular weight excluding hydrogens is 354 g/mol. The molecule has 0 radical (unpaired) electrons. The van der Waals surface area contributed by atoms with Crippen LogP contribution in [-0.2, 0) is 0 Å². The van der Waals surface area contributed by atoms with Gasteiger partial charge in [0.1, 0.15) is 9.26 Å². The van der Waals surface area contributed by atoms with Gasteiger partial charge in [0.05, 0.1) is 22.4 Å². The highest BCUT2D eigenvalue weighted by Crippen LogP contribution is 2.37. The highest BCUT2D eigenvalue weighted by atomic mass is 127. The molecule has 0 spiro atoms. The van der Waals surface area contributed by atoms with Crippen molar-refractivity contribution in [3.8, 4) is 0 Å². The SMILES string of the molecule is Nc1c(N)c(N)c2c(P)c(I)c(=O)oc2c1N. The number of fused-ring (bicyclic) bond motifs is 1. The minimum Gasteiger partial charge on any atom is -0.420 e. The molecule has 17 heavy (non-hydrogen) atoms.